The standard InChI is InChI=1S/C13H18N2O2/c1-9-8-12(17-13(16)15(2)3)10-6-4-5-7-11(10)14-9/h8H,4-7H2,1-3H3. The van der Waals surface area contributed by atoms with Gasteiger partial charge in [-0.25, -0.2) is 4.79 Å². The van der Waals surface area contributed by atoms with E-state index < -0.39 is 0 Å². The van der Waals surface area contributed by atoms with Crippen molar-refractivity contribution in [3.63, 3.8) is 0 Å². The number of aryl methyl sites for hydroxylation is 2. The Morgan fingerprint density at radius 3 is 2.76 bits per heavy atom. The first-order valence-electron chi connectivity index (χ1n) is 5.96. The van der Waals surface area contributed by atoms with E-state index in [1.54, 1.807) is 14.1 Å². The molecule has 1 aliphatic carbocycles. The van der Waals surface area contributed by atoms with E-state index in [2.05, 4.69) is 4.98 Å². The highest BCUT2D eigenvalue weighted by Crippen LogP contribution is 2.29. The highest BCUT2D eigenvalue weighted by Gasteiger charge is 2.18. The van der Waals surface area contributed by atoms with Gasteiger partial charge in [-0.1, -0.05) is 0 Å². The zero-order chi connectivity index (χ0) is 12.4. The van der Waals surface area contributed by atoms with Gasteiger partial charge in [0, 0.05) is 37.1 Å². The summed E-state index contributed by atoms with van der Waals surface area (Å²) in [5.41, 5.74) is 3.11. The lowest BCUT2D eigenvalue weighted by molar-refractivity contribution is 0.171. The smallest absolute Gasteiger partial charge is 0.410 e. The van der Waals surface area contributed by atoms with Crippen LogP contribution < -0.4 is 4.74 Å². The molecule has 1 amide bonds. The third-order valence-corrected chi connectivity index (χ3v) is 2.95. The number of nitrogens with zero attached hydrogens (tertiary/aromatic N) is 2. The Morgan fingerprint density at radius 2 is 2.06 bits per heavy atom. The lowest BCUT2D eigenvalue weighted by atomic mass is 9.95. The summed E-state index contributed by atoms with van der Waals surface area (Å²) < 4.78 is 5.40. The second kappa shape index (κ2) is 4.73. The number of rotatable bonds is 1. The van der Waals surface area contributed by atoms with Crippen LogP contribution in [0.15, 0.2) is 6.07 Å². The number of hydrogen-bond acceptors (Lipinski definition) is 3. The number of carbonyl (C=O) groups excluding carboxylic acids is 1. The molecule has 1 aliphatic rings. The average molecular weight is 234 g/mol. The predicted molar refractivity (Wildman–Crippen MR) is 65.3 cm³/mol. The topological polar surface area (TPSA) is 42.4 Å². The summed E-state index contributed by atoms with van der Waals surface area (Å²) in [5, 5.41) is 0. The normalized spacial score (nSPS) is 14.1. The van der Waals surface area contributed by atoms with Crippen molar-refractivity contribution < 1.29 is 9.53 Å². The molecule has 92 valence electrons. The Hall–Kier alpha value is -1.58. The molecule has 4 nitrogen and oxygen atoms in total. The zero-order valence-corrected chi connectivity index (χ0v) is 10.6. The largest absolute Gasteiger partial charge is 0.414 e. The summed E-state index contributed by atoms with van der Waals surface area (Å²) in [5.74, 6) is 0.686. The zero-order valence-electron chi connectivity index (χ0n) is 10.6. The molecular formula is C13H18N2O2. The van der Waals surface area contributed by atoms with Gasteiger partial charge in [0.2, 0.25) is 0 Å². The molecule has 0 spiro atoms. The molecule has 0 fully saturated rings. The first kappa shape index (κ1) is 11.9. The van der Waals surface area contributed by atoms with Gasteiger partial charge in [0.25, 0.3) is 0 Å². The van der Waals surface area contributed by atoms with Gasteiger partial charge >= 0.3 is 6.09 Å². The lowest BCUT2D eigenvalue weighted by Gasteiger charge is -2.20. The Labute approximate surface area is 102 Å². The van der Waals surface area contributed by atoms with E-state index in [1.807, 2.05) is 13.0 Å². The minimum Gasteiger partial charge on any atom is -0.410 e. The van der Waals surface area contributed by atoms with E-state index >= 15 is 0 Å². The molecule has 0 aromatic carbocycles. The van der Waals surface area contributed by atoms with Crippen molar-refractivity contribution >= 4 is 6.09 Å². The van der Waals surface area contributed by atoms with Gasteiger partial charge < -0.3 is 9.64 Å². The molecule has 0 saturated heterocycles. The molecule has 0 bridgehead atoms. The van der Waals surface area contributed by atoms with Crippen molar-refractivity contribution in [3.8, 4) is 5.75 Å². The number of hydrogen-bond donors (Lipinski definition) is 0. The highest BCUT2D eigenvalue weighted by molar-refractivity contribution is 5.70. The fourth-order valence-corrected chi connectivity index (χ4v) is 2.08. The molecule has 1 aromatic heterocycles. The number of amides is 1. The Morgan fingerprint density at radius 1 is 1.35 bits per heavy atom. The molecule has 0 aliphatic heterocycles. The SMILES string of the molecule is Cc1cc(OC(=O)N(C)C)c2c(n1)CCCC2. The van der Waals surface area contributed by atoms with Crippen molar-refractivity contribution in [3.05, 3.63) is 23.0 Å². The first-order chi connectivity index (χ1) is 8.08. The summed E-state index contributed by atoms with van der Waals surface area (Å²) in [7, 11) is 3.37. The third-order valence-electron chi connectivity index (χ3n) is 2.95. The maximum Gasteiger partial charge on any atom is 0.414 e. The maximum atomic E-state index is 11.6. The molecule has 1 heterocycles. The fraction of sp³-hybridized carbons (Fsp3) is 0.538. The first-order valence-corrected chi connectivity index (χ1v) is 5.96. The van der Waals surface area contributed by atoms with Crippen molar-refractivity contribution in [2.45, 2.75) is 32.6 Å². The Kier molecular flexibility index (Phi) is 3.31. The van der Waals surface area contributed by atoms with Gasteiger partial charge in [0.05, 0.1) is 0 Å². The van der Waals surface area contributed by atoms with E-state index in [-0.39, 0.29) is 6.09 Å². The van der Waals surface area contributed by atoms with Gasteiger partial charge in [0.15, 0.2) is 0 Å². The summed E-state index contributed by atoms with van der Waals surface area (Å²) in [6, 6.07) is 1.85. The summed E-state index contributed by atoms with van der Waals surface area (Å²) in [6.45, 7) is 1.93. The number of pyridine rings is 1. The van der Waals surface area contributed by atoms with Gasteiger partial charge in [0.1, 0.15) is 5.75 Å². The maximum absolute atomic E-state index is 11.6. The molecular weight excluding hydrogens is 216 g/mol. The predicted octanol–water partition coefficient (Wildman–Crippen LogP) is 2.33. The van der Waals surface area contributed by atoms with E-state index in [0.717, 1.165) is 36.2 Å². The van der Waals surface area contributed by atoms with Crippen LogP contribution in [0, 0.1) is 6.92 Å². The van der Waals surface area contributed by atoms with E-state index in [4.69, 9.17) is 4.74 Å². The summed E-state index contributed by atoms with van der Waals surface area (Å²) in [6.07, 6.45) is 3.93. The van der Waals surface area contributed by atoms with Crippen molar-refractivity contribution in [1.29, 1.82) is 0 Å². The highest BCUT2D eigenvalue weighted by atomic mass is 16.6. The molecule has 1 aromatic rings. The molecule has 0 unspecified atom stereocenters. The quantitative estimate of drug-likeness (QED) is 0.749. The van der Waals surface area contributed by atoms with E-state index in [1.165, 1.54) is 11.3 Å². The van der Waals surface area contributed by atoms with Gasteiger partial charge in [-0.3, -0.25) is 4.98 Å². The number of ether oxygens (including phenoxy) is 1. The van der Waals surface area contributed by atoms with Crippen molar-refractivity contribution in [2.24, 2.45) is 0 Å². The van der Waals surface area contributed by atoms with E-state index in [0.29, 0.717) is 5.75 Å². The van der Waals surface area contributed by atoms with Gasteiger partial charge in [-0.2, -0.15) is 0 Å². The summed E-state index contributed by atoms with van der Waals surface area (Å²) in [4.78, 5) is 17.5. The van der Waals surface area contributed by atoms with Crippen LogP contribution in [0.3, 0.4) is 0 Å². The lowest BCUT2D eigenvalue weighted by Crippen LogP contribution is -2.26. The van der Waals surface area contributed by atoms with Crippen molar-refractivity contribution in [1.82, 2.24) is 9.88 Å². The minimum atomic E-state index is -0.330. The molecule has 0 N–H and O–H groups in total. The van der Waals surface area contributed by atoms with Crippen LogP contribution >= 0.6 is 0 Å². The Bertz CT molecular complexity index is 441. The van der Waals surface area contributed by atoms with Crippen LogP contribution in [0.5, 0.6) is 5.75 Å². The second-order valence-corrected chi connectivity index (χ2v) is 4.66. The minimum absolute atomic E-state index is 0.330. The van der Waals surface area contributed by atoms with Crippen LogP contribution in [0.25, 0.3) is 0 Å². The molecule has 0 atom stereocenters. The van der Waals surface area contributed by atoms with Crippen LogP contribution in [-0.2, 0) is 12.8 Å². The van der Waals surface area contributed by atoms with Crippen LogP contribution in [-0.4, -0.2) is 30.1 Å². The summed E-state index contributed by atoms with van der Waals surface area (Å²) >= 11 is 0. The van der Waals surface area contributed by atoms with Crippen LogP contribution in [0.4, 0.5) is 4.79 Å². The van der Waals surface area contributed by atoms with Gasteiger partial charge in [-0.15, -0.1) is 0 Å². The molecule has 4 heteroatoms. The Balaban J connectivity index is 2.32. The molecule has 0 radical (unpaired) electrons. The van der Waals surface area contributed by atoms with E-state index in [9.17, 15) is 4.79 Å². The molecule has 0 saturated carbocycles. The van der Waals surface area contributed by atoms with Crippen molar-refractivity contribution in [2.75, 3.05) is 14.1 Å². The van der Waals surface area contributed by atoms with Crippen LogP contribution in [0.1, 0.15) is 29.8 Å². The number of fused-ring (bicyclic) bond motifs is 1. The number of carbonyl (C=O) groups is 1. The van der Waals surface area contributed by atoms with Gasteiger partial charge in [-0.05, 0) is 32.6 Å². The fourth-order valence-electron chi connectivity index (χ4n) is 2.08. The molecule has 17 heavy (non-hydrogen) atoms. The van der Waals surface area contributed by atoms with Crippen LogP contribution in [0.2, 0.25) is 0 Å². The second-order valence-electron chi connectivity index (χ2n) is 4.66. The third kappa shape index (κ3) is 2.57. The molecule has 2 rings (SSSR count). The monoisotopic (exact) mass is 234 g/mol. The number of aromatic nitrogens is 1. The average Bonchev–Trinajstić information content (AvgIpc) is 2.28.